The number of nitrogens with one attached hydrogen (secondary N) is 1. The van der Waals surface area contributed by atoms with Crippen LogP contribution in [0.5, 0.6) is 0 Å². The van der Waals surface area contributed by atoms with E-state index in [0.717, 1.165) is 25.3 Å². The Morgan fingerprint density at radius 3 is 3.25 bits per heavy atom. The molecule has 1 aromatic heterocycles. The second-order valence-electron chi connectivity index (χ2n) is 2.92. The highest BCUT2D eigenvalue weighted by molar-refractivity contribution is 5.83. The summed E-state index contributed by atoms with van der Waals surface area (Å²) in [7, 11) is 0. The van der Waals surface area contributed by atoms with Crippen molar-refractivity contribution in [1.82, 2.24) is 5.32 Å². The standard InChI is InChI=1S/C9H12N2O/c1-2-9(10-4-1)11-6-8-3-5-12-7-8/h3,5,7H,1-2,4,6H2,(H,10,11). The quantitative estimate of drug-likeness (QED) is 0.720. The highest BCUT2D eigenvalue weighted by atomic mass is 16.3. The van der Waals surface area contributed by atoms with Crippen LogP contribution in [0.2, 0.25) is 0 Å². The summed E-state index contributed by atoms with van der Waals surface area (Å²) < 4.78 is 4.95. The molecule has 1 aliphatic heterocycles. The number of hydrogen-bond donors (Lipinski definition) is 1. The van der Waals surface area contributed by atoms with Crippen LogP contribution in [-0.4, -0.2) is 12.4 Å². The normalized spacial score (nSPS) is 16.2. The van der Waals surface area contributed by atoms with E-state index in [9.17, 15) is 0 Å². The van der Waals surface area contributed by atoms with Gasteiger partial charge in [-0.15, -0.1) is 0 Å². The number of furan rings is 1. The summed E-state index contributed by atoms with van der Waals surface area (Å²) in [6.07, 6.45) is 5.72. The van der Waals surface area contributed by atoms with Crippen LogP contribution >= 0.6 is 0 Å². The van der Waals surface area contributed by atoms with E-state index in [4.69, 9.17) is 4.42 Å². The zero-order chi connectivity index (χ0) is 8.23. The van der Waals surface area contributed by atoms with Crippen molar-refractivity contribution in [2.24, 2.45) is 4.99 Å². The Kier molecular flexibility index (Phi) is 2.12. The van der Waals surface area contributed by atoms with Crippen molar-refractivity contribution in [3.05, 3.63) is 24.2 Å². The average molecular weight is 164 g/mol. The molecule has 0 amide bonds. The van der Waals surface area contributed by atoms with Gasteiger partial charge in [-0.2, -0.15) is 0 Å². The van der Waals surface area contributed by atoms with E-state index in [0.29, 0.717) is 0 Å². The summed E-state index contributed by atoms with van der Waals surface area (Å²) in [5, 5.41) is 3.27. The molecule has 0 bridgehead atoms. The summed E-state index contributed by atoms with van der Waals surface area (Å²) in [4.78, 5) is 4.31. The van der Waals surface area contributed by atoms with E-state index in [1.807, 2.05) is 6.07 Å². The summed E-state index contributed by atoms with van der Waals surface area (Å²) >= 11 is 0. The van der Waals surface area contributed by atoms with Crippen LogP contribution in [0.3, 0.4) is 0 Å². The number of nitrogens with zero attached hydrogens (tertiary/aromatic N) is 1. The maximum absolute atomic E-state index is 4.95. The Balaban J connectivity index is 1.82. The molecule has 1 N–H and O–H groups in total. The SMILES string of the molecule is c1cc(CNC2=NCCC2)co1. The number of hydrogen-bond acceptors (Lipinski definition) is 3. The molecule has 0 saturated carbocycles. The maximum atomic E-state index is 4.95. The van der Waals surface area contributed by atoms with Gasteiger partial charge in [-0.1, -0.05) is 0 Å². The lowest BCUT2D eigenvalue weighted by molar-refractivity contribution is 0.563. The summed E-state index contributed by atoms with van der Waals surface area (Å²) in [6.45, 7) is 1.81. The monoisotopic (exact) mass is 164 g/mol. The minimum Gasteiger partial charge on any atom is -0.472 e. The topological polar surface area (TPSA) is 37.5 Å². The van der Waals surface area contributed by atoms with Gasteiger partial charge in [0.25, 0.3) is 0 Å². The first-order valence-electron chi connectivity index (χ1n) is 4.23. The summed E-state index contributed by atoms with van der Waals surface area (Å²) in [5.41, 5.74) is 1.17. The van der Waals surface area contributed by atoms with Crippen molar-refractivity contribution < 1.29 is 4.42 Å². The van der Waals surface area contributed by atoms with Crippen LogP contribution < -0.4 is 5.32 Å². The number of amidine groups is 1. The third-order valence-electron chi connectivity index (χ3n) is 1.95. The van der Waals surface area contributed by atoms with Crippen molar-refractivity contribution in [3.63, 3.8) is 0 Å². The van der Waals surface area contributed by atoms with Crippen molar-refractivity contribution in [2.45, 2.75) is 19.4 Å². The van der Waals surface area contributed by atoms with Gasteiger partial charge in [-0.25, -0.2) is 0 Å². The van der Waals surface area contributed by atoms with Gasteiger partial charge < -0.3 is 9.73 Å². The van der Waals surface area contributed by atoms with E-state index < -0.39 is 0 Å². The van der Waals surface area contributed by atoms with Gasteiger partial charge in [0, 0.05) is 25.1 Å². The third kappa shape index (κ3) is 1.67. The van der Waals surface area contributed by atoms with Crippen molar-refractivity contribution in [3.8, 4) is 0 Å². The van der Waals surface area contributed by atoms with Gasteiger partial charge in [-0.3, -0.25) is 4.99 Å². The van der Waals surface area contributed by atoms with E-state index in [-0.39, 0.29) is 0 Å². The van der Waals surface area contributed by atoms with Gasteiger partial charge in [0.1, 0.15) is 0 Å². The average Bonchev–Trinajstić information content (AvgIpc) is 2.74. The molecule has 0 unspecified atom stereocenters. The van der Waals surface area contributed by atoms with Crippen molar-refractivity contribution >= 4 is 5.84 Å². The Morgan fingerprint density at radius 1 is 1.58 bits per heavy atom. The zero-order valence-electron chi connectivity index (χ0n) is 6.92. The summed E-state index contributed by atoms with van der Waals surface area (Å²) in [6, 6.07) is 1.96. The molecule has 1 aliphatic rings. The molecule has 1 aromatic rings. The lowest BCUT2D eigenvalue weighted by Crippen LogP contribution is -2.20. The van der Waals surface area contributed by atoms with E-state index in [2.05, 4.69) is 10.3 Å². The van der Waals surface area contributed by atoms with Gasteiger partial charge in [0.05, 0.1) is 18.4 Å². The highest BCUT2D eigenvalue weighted by Crippen LogP contribution is 2.03. The largest absolute Gasteiger partial charge is 0.472 e. The van der Waals surface area contributed by atoms with Gasteiger partial charge in [0.15, 0.2) is 0 Å². The fraction of sp³-hybridized carbons (Fsp3) is 0.444. The Morgan fingerprint density at radius 2 is 2.58 bits per heavy atom. The minimum absolute atomic E-state index is 0.829. The first-order valence-corrected chi connectivity index (χ1v) is 4.23. The smallest absolute Gasteiger partial charge is 0.0966 e. The van der Waals surface area contributed by atoms with Crippen LogP contribution in [0.15, 0.2) is 28.0 Å². The predicted octanol–water partition coefficient (Wildman–Crippen LogP) is 1.56. The number of aliphatic imine (C=N–C) groups is 1. The molecule has 0 radical (unpaired) electrons. The Bertz CT molecular complexity index is 264. The van der Waals surface area contributed by atoms with Gasteiger partial charge >= 0.3 is 0 Å². The zero-order valence-corrected chi connectivity index (χ0v) is 6.92. The van der Waals surface area contributed by atoms with Gasteiger partial charge in [0.2, 0.25) is 0 Å². The fourth-order valence-corrected chi connectivity index (χ4v) is 1.28. The molecular formula is C9H12N2O. The second-order valence-corrected chi connectivity index (χ2v) is 2.92. The lowest BCUT2D eigenvalue weighted by Gasteiger charge is -2.01. The number of rotatable bonds is 2. The van der Waals surface area contributed by atoms with E-state index >= 15 is 0 Å². The van der Waals surface area contributed by atoms with Crippen LogP contribution in [-0.2, 0) is 6.54 Å². The van der Waals surface area contributed by atoms with E-state index in [1.165, 1.54) is 12.0 Å². The Labute approximate surface area is 71.5 Å². The predicted molar refractivity (Wildman–Crippen MR) is 47.1 cm³/mol. The second kappa shape index (κ2) is 3.43. The third-order valence-corrected chi connectivity index (χ3v) is 1.95. The van der Waals surface area contributed by atoms with Crippen LogP contribution in [0, 0.1) is 0 Å². The van der Waals surface area contributed by atoms with Crippen LogP contribution in [0.1, 0.15) is 18.4 Å². The molecule has 2 rings (SSSR count). The highest BCUT2D eigenvalue weighted by Gasteiger charge is 2.04. The molecule has 0 aliphatic carbocycles. The molecule has 12 heavy (non-hydrogen) atoms. The maximum Gasteiger partial charge on any atom is 0.0966 e. The molecule has 3 heteroatoms. The molecule has 3 nitrogen and oxygen atoms in total. The first kappa shape index (κ1) is 7.40. The van der Waals surface area contributed by atoms with Crippen LogP contribution in [0.4, 0.5) is 0 Å². The molecule has 0 aromatic carbocycles. The molecular weight excluding hydrogens is 152 g/mol. The molecule has 0 spiro atoms. The minimum atomic E-state index is 0.829. The van der Waals surface area contributed by atoms with E-state index in [1.54, 1.807) is 12.5 Å². The van der Waals surface area contributed by atoms with Crippen molar-refractivity contribution in [2.75, 3.05) is 6.54 Å². The molecule has 2 heterocycles. The van der Waals surface area contributed by atoms with Gasteiger partial charge in [-0.05, 0) is 12.5 Å². The fourth-order valence-electron chi connectivity index (χ4n) is 1.28. The molecule has 0 fully saturated rings. The molecule has 64 valence electrons. The molecule has 0 atom stereocenters. The Hall–Kier alpha value is -1.25. The molecule has 0 saturated heterocycles. The van der Waals surface area contributed by atoms with Crippen molar-refractivity contribution in [1.29, 1.82) is 0 Å². The first-order chi connectivity index (χ1) is 5.95. The lowest BCUT2D eigenvalue weighted by atomic mass is 10.3. The van der Waals surface area contributed by atoms with Crippen LogP contribution in [0.25, 0.3) is 0 Å². The summed E-state index contributed by atoms with van der Waals surface area (Å²) in [5.74, 6) is 1.14.